The lowest BCUT2D eigenvalue weighted by Gasteiger charge is -2.13. The third-order valence-corrected chi connectivity index (χ3v) is 24.5. The number of para-hydroxylation sites is 1. The molecule has 5 aliphatic heterocycles. The van der Waals surface area contributed by atoms with Crippen LogP contribution >= 0.6 is 38.5 Å². The van der Waals surface area contributed by atoms with Crippen molar-refractivity contribution in [3.05, 3.63) is 409 Å². The Bertz CT molecular complexity index is 7510. The van der Waals surface area contributed by atoms with E-state index in [1.807, 2.05) is 169 Å². The molecular weight excluding hydrogens is 1900 g/mol. The second kappa shape index (κ2) is 38.3. The maximum atomic E-state index is 14.6. The summed E-state index contributed by atoms with van der Waals surface area (Å²) >= 11 is 5.91. The molecule has 0 spiro atoms. The Morgan fingerprint density at radius 2 is 0.625 bits per heavy atom. The molecule has 29 nitrogen and oxygen atoms in total. The Kier molecular flexibility index (Phi) is 25.8. The number of terminal acetylenes is 5. The number of amides is 5. The lowest BCUT2D eigenvalue weighted by Crippen LogP contribution is -2.15. The zero-order chi connectivity index (χ0) is 96.4. The number of fused-ring (bicyclic) bond motifs is 15. The molecule has 11 heterocycles. The number of halogens is 3. The average molecular weight is 1970 g/mol. The fraction of sp³-hybridized carbons (Fsp3) is 0.0962. The summed E-state index contributed by atoms with van der Waals surface area (Å²) in [6.45, 7) is 9.35. The van der Waals surface area contributed by atoms with E-state index in [0.29, 0.717) is 90.4 Å². The predicted octanol–water partition coefficient (Wildman–Crippen LogP) is 15.1. The molecule has 0 fully saturated rings. The molecule has 5 aliphatic rings. The number of aliphatic imine (C=N–C) groups is 5. The van der Waals surface area contributed by atoms with Gasteiger partial charge in [-0.05, 0) is 191 Å². The minimum absolute atomic E-state index is 0.0738. The van der Waals surface area contributed by atoms with Crippen LogP contribution < -0.4 is 28.7 Å². The maximum Gasteiger partial charge on any atom is 0.278 e. The summed E-state index contributed by atoms with van der Waals surface area (Å²) < 4.78 is 25.7. The van der Waals surface area contributed by atoms with Gasteiger partial charge in [-0.25, -0.2) is 29.3 Å². The first-order chi connectivity index (χ1) is 65.5. The summed E-state index contributed by atoms with van der Waals surface area (Å²) in [5.41, 5.74) is 49.4. The van der Waals surface area contributed by atoms with Crippen molar-refractivity contribution < 1.29 is 33.3 Å². The molecule has 20 rings (SSSR count). The highest BCUT2D eigenvalue weighted by molar-refractivity contribution is 14.1. The SMILES string of the molecule is C#Cc1ccc2c(c1)C(c1ccccc1Br)=N[C@H](C)c1c(C(N)=O)ncn1-2.C#Cc1ccc2c(c1)C(c1ccccc1F)=N[C@@H](C)c1c(C(N)=O)ncn1-2.C#Cc1ccc2c(c1)C(c1ccccc1I)=N[C@@H](C)c1c(C(N)=O)ncn1-2.C#Cc1ccc2c(c1)C(c1ccccc1[N+](=O)[O-])=N[C@H](C)c1c(C(N)=O)ncn1-2.C#Cc1ccc2c(c1)C(c1ccccn1)=N[C@H](C)c1c(C(N)=O)ncn1-2. The van der Waals surface area contributed by atoms with Gasteiger partial charge in [0.15, 0.2) is 28.5 Å². The van der Waals surface area contributed by atoms with Gasteiger partial charge in [-0.2, -0.15) is 0 Å². The molecule has 664 valence electrons. The Labute approximate surface area is 800 Å². The number of pyridine rings is 1. The number of nitro groups is 1. The van der Waals surface area contributed by atoms with Crippen LogP contribution in [0.3, 0.4) is 0 Å². The van der Waals surface area contributed by atoms with Crippen molar-refractivity contribution in [1.29, 1.82) is 0 Å². The Morgan fingerprint density at radius 3 is 0.934 bits per heavy atom. The van der Waals surface area contributed by atoms with Crippen LogP contribution in [0.4, 0.5) is 10.1 Å². The van der Waals surface area contributed by atoms with Crippen molar-refractivity contribution in [2.75, 3.05) is 0 Å². The van der Waals surface area contributed by atoms with E-state index in [-0.39, 0.29) is 58.1 Å². The van der Waals surface area contributed by atoms with E-state index >= 15 is 0 Å². The van der Waals surface area contributed by atoms with Gasteiger partial charge < -0.3 is 28.7 Å². The second-order valence-corrected chi connectivity index (χ2v) is 33.2. The van der Waals surface area contributed by atoms with Gasteiger partial charge in [0.05, 0.1) is 132 Å². The lowest BCUT2D eigenvalue weighted by atomic mass is 9.97. The molecule has 0 saturated carbocycles. The van der Waals surface area contributed by atoms with Crippen molar-refractivity contribution in [2.45, 2.75) is 64.8 Å². The topological polar surface area (TPSA) is 422 Å². The number of rotatable bonds is 11. The fourth-order valence-corrected chi connectivity index (χ4v) is 17.9. The molecule has 136 heavy (non-hydrogen) atoms. The van der Waals surface area contributed by atoms with Crippen LogP contribution in [0.25, 0.3) is 28.4 Å². The van der Waals surface area contributed by atoms with E-state index in [1.165, 1.54) is 24.8 Å². The number of hydrogen-bond donors (Lipinski definition) is 5. The third kappa shape index (κ3) is 17.3. The lowest BCUT2D eigenvalue weighted by molar-refractivity contribution is -0.385. The zero-order valence-electron chi connectivity index (χ0n) is 72.8. The minimum Gasteiger partial charge on any atom is -0.364 e. The molecule has 10 N–H and O–H groups in total. The molecule has 5 amide bonds. The molecule has 0 saturated heterocycles. The molecule has 0 unspecified atom stereocenters. The predicted molar refractivity (Wildman–Crippen MR) is 527 cm³/mol. The van der Waals surface area contributed by atoms with E-state index in [9.17, 15) is 38.5 Å². The second-order valence-electron chi connectivity index (χ2n) is 31.1. The summed E-state index contributed by atoms with van der Waals surface area (Å²) in [6, 6.07) is 60.2. The van der Waals surface area contributed by atoms with Crippen LogP contribution in [-0.4, -0.2) is 116 Å². The highest BCUT2D eigenvalue weighted by Crippen LogP contribution is 2.41. The molecular formula is C104H75BrFIN22O7. The monoisotopic (exact) mass is 1970 g/mol. The first-order valence-electron chi connectivity index (χ1n) is 41.8. The van der Waals surface area contributed by atoms with Gasteiger partial charge in [-0.3, -0.25) is 86.9 Å². The van der Waals surface area contributed by atoms with Gasteiger partial charge in [0, 0.05) is 92.6 Å². The molecule has 5 atom stereocenters. The molecule has 6 aromatic heterocycles. The third-order valence-electron chi connectivity index (χ3n) is 22.8. The Morgan fingerprint density at radius 1 is 0.353 bits per heavy atom. The van der Waals surface area contributed by atoms with E-state index in [1.54, 1.807) is 108 Å². The standard InChI is InChI=1S/C21H15BrN4O.C21H15FN4O.C21H15IN4O.C21H15N5O3.C20H15N5O/c3*1-3-13-8-9-17-15(10-13)18(14-6-4-5-7-16(14)22)25-12(2)20-19(21(23)27)24-11-26(17)20;1-3-13-8-9-16-15(10-13)18(14-6-4-5-7-17(14)26(28)29)24-12(2)20-19(21(22)27)23-11-25(16)20;1-3-13-7-8-16-14(10-13)17(15-6-4-5-9-22-15)24-12(2)19-18(20(21)26)23-11-25(16)19/h3*1,4-12H,2H3,(H2,23,27);1,4-12H,2H3,(H2,22,27);1,4-12H,2H3,(H2,21,26)/t5*12-/m10011/s1. The van der Waals surface area contributed by atoms with Gasteiger partial charge in [0.2, 0.25) is 0 Å². The van der Waals surface area contributed by atoms with Gasteiger partial charge in [0.1, 0.15) is 37.5 Å². The summed E-state index contributed by atoms with van der Waals surface area (Å²) in [5, 5.41) is 11.6. The van der Waals surface area contributed by atoms with Crippen LogP contribution in [0.1, 0.15) is 229 Å². The minimum atomic E-state index is -0.670. The molecule has 0 bridgehead atoms. The molecule has 15 aromatic rings. The zero-order valence-corrected chi connectivity index (χ0v) is 76.6. The summed E-state index contributed by atoms with van der Waals surface area (Å²) in [6.07, 6.45) is 37.5. The number of benzene rings is 9. The molecule has 0 aliphatic carbocycles. The number of imidazole rings is 5. The van der Waals surface area contributed by atoms with E-state index in [4.69, 9.17) is 85.7 Å². The Balaban J connectivity index is 0.000000123. The van der Waals surface area contributed by atoms with Crippen molar-refractivity contribution in [3.63, 3.8) is 0 Å². The van der Waals surface area contributed by atoms with Crippen molar-refractivity contribution in [2.24, 2.45) is 53.6 Å². The number of nitrogens with zero attached hydrogens (tertiary/aromatic N) is 17. The number of nitrogens with two attached hydrogens (primary N) is 5. The van der Waals surface area contributed by atoms with E-state index in [0.717, 1.165) is 86.7 Å². The number of aromatic nitrogens is 11. The van der Waals surface area contributed by atoms with Gasteiger partial charge in [-0.1, -0.05) is 112 Å². The van der Waals surface area contributed by atoms with Crippen LogP contribution in [0.15, 0.2) is 274 Å². The van der Waals surface area contributed by atoms with Crippen molar-refractivity contribution in [3.8, 4) is 90.2 Å². The number of primary amides is 5. The first-order valence-corrected chi connectivity index (χ1v) is 43.6. The molecule has 9 aromatic carbocycles. The Hall–Kier alpha value is -17.8. The number of carbonyl (C=O) groups excluding carboxylic acids is 5. The molecule has 32 heteroatoms. The average Bonchev–Trinajstić information content (AvgIpc) is 1.62. The van der Waals surface area contributed by atoms with Crippen molar-refractivity contribution >= 4 is 102 Å². The van der Waals surface area contributed by atoms with Gasteiger partial charge >= 0.3 is 0 Å². The van der Waals surface area contributed by atoms with Crippen LogP contribution in [0, 0.1) is 81.2 Å². The van der Waals surface area contributed by atoms with Crippen LogP contribution in [0.2, 0.25) is 0 Å². The number of hydrogen-bond acceptors (Lipinski definition) is 18. The highest BCUT2D eigenvalue weighted by Gasteiger charge is 2.36. The highest BCUT2D eigenvalue weighted by atomic mass is 127. The first kappa shape index (κ1) is 91.5. The van der Waals surface area contributed by atoms with E-state index in [2.05, 4.69) is 98.0 Å². The number of carbonyl (C=O) groups is 5. The van der Waals surface area contributed by atoms with Gasteiger partial charge in [0.25, 0.3) is 35.2 Å². The normalized spacial score (nSPS) is 15.1. The summed E-state index contributed by atoms with van der Waals surface area (Å²) in [7, 11) is 0. The van der Waals surface area contributed by atoms with Crippen LogP contribution in [0.5, 0.6) is 0 Å². The summed E-state index contributed by atoms with van der Waals surface area (Å²) in [4.78, 5) is 120. The largest absolute Gasteiger partial charge is 0.364 e. The van der Waals surface area contributed by atoms with Gasteiger partial charge in [-0.15, -0.1) is 32.1 Å². The quantitative estimate of drug-likeness (QED) is 0.0348. The maximum absolute atomic E-state index is 14.6. The molecule has 0 radical (unpaired) electrons. The van der Waals surface area contributed by atoms with Crippen LogP contribution in [-0.2, 0) is 0 Å². The fourth-order valence-electron chi connectivity index (χ4n) is 16.8. The number of nitro benzene ring substituents is 1. The summed E-state index contributed by atoms with van der Waals surface area (Å²) in [5.74, 6) is 9.78. The van der Waals surface area contributed by atoms with E-state index < -0.39 is 46.5 Å². The van der Waals surface area contributed by atoms with Crippen molar-refractivity contribution in [1.82, 2.24) is 52.7 Å². The smallest absolute Gasteiger partial charge is 0.278 e.